The first-order chi connectivity index (χ1) is 10.4. The minimum Gasteiger partial charge on any atom is -0.469 e. The van der Waals surface area contributed by atoms with Crippen LogP contribution in [0.1, 0.15) is 44.3 Å². The lowest BCUT2D eigenvalue weighted by Crippen LogP contribution is -2.46. The van der Waals surface area contributed by atoms with Crippen LogP contribution in [0.5, 0.6) is 0 Å². The molecule has 0 aromatic carbocycles. The van der Waals surface area contributed by atoms with Gasteiger partial charge < -0.3 is 15.1 Å². The normalized spacial score (nSPS) is 31.6. The highest BCUT2D eigenvalue weighted by atomic mass is 16.3. The summed E-state index contributed by atoms with van der Waals surface area (Å²) in [4.78, 5) is 4.76. The molecule has 21 heavy (non-hydrogen) atoms. The third-order valence-electron chi connectivity index (χ3n) is 5.19. The van der Waals surface area contributed by atoms with E-state index in [-0.39, 0.29) is 0 Å². The minimum atomic E-state index is 0.650. The zero-order valence-corrected chi connectivity index (χ0v) is 12.6. The second-order valence-corrected chi connectivity index (χ2v) is 6.90. The van der Waals surface area contributed by atoms with Gasteiger partial charge in [0, 0.05) is 25.0 Å². The van der Waals surface area contributed by atoms with E-state index in [4.69, 9.17) is 9.41 Å². The summed E-state index contributed by atoms with van der Waals surface area (Å²) in [6.45, 7) is 0.788. The smallest absolute Gasteiger partial charge is 0.191 e. The molecule has 114 valence electrons. The summed E-state index contributed by atoms with van der Waals surface area (Å²) in [6, 6.07) is 5.26. The molecule has 1 heterocycles. The largest absolute Gasteiger partial charge is 0.469 e. The van der Waals surface area contributed by atoms with Gasteiger partial charge in [0.2, 0.25) is 0 Å². The predicted molar refractivity (Wildman–Crippen MR) is 83.2 cm³/mol. The van der Waals surface area contributed by atoms with E-state index in [1.54, 1.807) is 6.26 Å². The molecule has 0 aliphatic heterocycles. The fourth-order valence-corrected chi connectivity index (χ4v) is 3.88. The molecule has 3 aliphatic carbocycles. The Morgan fingerprint density at radius 1 is 1.19 bits per heavy atom. The summed E-state index contributed by atoms with van der Waals surface area (Å²) in [5.41, 5.74) is 0. The first-order valence-corrected chi connectivity index (χ1v) is 8.47. The molecule has 1 aromatic rings. The summed E-state index contributed by atoms with van der Waals surface area (Å²) in [5.74, 6) is 3.90. The van der Waals surface area contributed by atoms with Crippen LogP contribution in [0.15, 0.2) is 27.8 Å². The Morgan fingerprint density at radius 2 is 2.14 bits per heavy atom. The van der Waals surface area contributed by atoms with E-state index in [9.17, 15) is 0 Å². The highest BCUT2D eigenvalue weighted by Crippen LogP contribution is 2.44. The zero-order chi connectivity index (χ0) is 14.1. The van der Waals surface area contributed by atoms with Crippen LogP contribution in [0.3, 0.4) is 0 Å². The Balaban J connectivity index is 1.34. The van der Waals surface area contributed by atoms with E-state index in [1.165, 1.54) is 38.5 Å². The molecule has 0 saturated heterocycles. The van der Waals surface area contributed by atoms with Gasteiger partial charge in [-0.1, -0.05) is 6.42 Å². The van der Waals surface area contributed by atoms with E-state index < -0.39 is 0 Å². The van der Waals surface area contributed by atoms with Crippen LogP contribution in [0.4, 0.5) is 0 Å². The molecule has 0 amide bonds. The number of guanidine groups is 1. The molecular formula is C17H25N3O. The fourth-order valence-electron chi connectivity index (χ4n) is 3.88. The van der Waals surface area contributed by atoms with Crippen LogP contribution < -0.4 is 10.6 Å². The SMILES string of the molecule is c1coc(CCN=C(NC2CC2)NC2CC3CCC2C3)c1. The van der Waals surface area contributed by atoms with Crippen molar-refractivity contribution < 1.29 is 4.42 Å². The van der Waals surface area contributed by atoms with Gasteiger partial charge in [-0.3, -0.25) is 4.99 Å². The van der Waals surface area contributed by atoms with Crippen molar-refractivity contribution in [2.24, 2.45) is 16.8 Å². The summed E-state index contributed by atoms with van der Waals surface area (Å²) in [7, 11) is 0. The van der Waals surface area contributed by atoms with Gasteiger partial charge in [0.15, 0.2) is 5.96 Å². The van der Waals surface area contributed by atoms with Crippen molar-refractivity contribution >= 4 is 5.96 Å². The van der Waals surface area contributed by atoms with Gasteiger partial charge in [-0.2, -0.15) is 0 Å². The molecule has 0 radical (unpaired) electrons. The minimum absolute atomic E-state index is 0.650. The Labute approximate surface area is 126 Å². The molecule has 2 N–H and O–H groups in total. The number of hydrogen-bond donors (Lipinski definition) is 2. The quantitative estimate of drug-likeness (QED) is 0.646. The molecule has 2 bridgehead atoms. The van der Waals surface area contributed by atoms with Crippen LogP contribution in [-0.4, -0.2) is 24.6 Å². The van der Waals surface area contributed by atoms with E-state index in [2.05, 4.69) is 10.6 Å². The molecule has 1 aromatic heterocycles. The molecule has 3 unspecified atom stereocenters. The van der Waals surface area contributed by atoms with E-state index in [0.717, 1.165) is 36.5 Å². The van der Waals surface area contributed by atoms with Gasteiger partial charge in [-0.05, 0) is 56.1 Å². The molecule has 0 spiro atoms. The second kappa shape index (κ2) is 5.74. The Bertz CT molecular complexity index is 492. The maximum Gasteiger partial charge on any atom is 0.191 e. The lowest BCUT2D eigenvalue weighted by molar-refractivity contribution is 0.387. The first-order valence-electron chi connectivity index (χ1n) is 8.47. The topological polar surface area (TPSA) is 49.6 Å². The number of nitrogens with one attached hydrogen (secondary N) is 2. The number of fused-ring (bicyclic) bond motifs is 2. The Kier molecular flexibility index (Phi) is 3.62. The molecule has 3 atom stereocenters. The van der Waals surface area contributed by atoms with Crippen molar-refractivity contribution in [3.8, 4) is 0 Å². The van der Waals surface area contributed by atoms with Gasteiger partial charge in [-0.25, -0.2) is 0 Å². The number of rotatable bonds is 5. The number of furan rings is 1. The Morgan fingerprint density at radius 3 is 2.81 bits per heavy atom. The predicted octanol–water partition coefficient (Wildman–Crippen LogP) is 2.71. The highest BCUT2D eigenvalue weighted by Gasteiger charge is 2.40. The van der Waals surface area contributed by atoms with Gasteiger partial charge >= 0.3 is 0 Å². The third kappa shape index (κ3) is 3.25. The molecule has 3 saturated carbocycles. The first kappa shape index (κ1) is 13.2. The van der Waals surface area contributed by atoms with Gasteiger partial charge in [0.05, 0.1) is 6.26 Å². The fraction of sp³-hybridized carbons (Fsp3) is 0.706. The molecule has 4 heteroatoms. The number of hydrogen-bond acceptors (Lipinski definition) is 2. The maximum absolute atomic E-state index is 5.37. The average Bonchev–Trinajstić information content (AvgIpc) is 2.93. The van der Waals surface area contributed by atoms with E-state index >= 15 is 0 Å². The average molecular weight is 287 g/mol. The molecular weight excluding hydrogens is 262 g/mol. The summed E-state index contributed by atoms with van der Waals surface area (Å²) < 4.78 is 5.37. The molecule has 3 aliphatic rings. The lowest BCUT2D eigenvalue weighted by atomic mass is 9.95. The van der Waals surface area contributed by atoms with Crippen molar-refractivity contribution in [3.63, 3.8) is 0 Å². The van der Waals surface area contributed by atoms with Crippen LogP contribution in [-0.2, 0) is 6.42 Å². The molecule has 4 nitrogen and oxygen atoms in total. The van der Waals surface area contributed by atoms with Crippen LogP contribution in [0.2, 0.25) is 0 Å². The zero-order valence-electron chi connectivity index (χ0n) is 12.6. The van der Waals surface area contributed by atoms with Crippen LogP contribution >= 0.6 is 0 Å². The van der Waals surface area contributed by atoms with Crippen LogP contribution in [0, 0.1) is 11.8 Å². The van der Waals surface area contributed by atoms with E-state index in [0.29, 0.717) is 12.1 Å². The van der Waals surface area contributed by atoms with Crippen molar-refractivity contribution in [2.75, 3.05) is 6.54 Å². The van der Waals surface area contributed by atoms with Crippen molar-refractivity contribution in [1.29, 1.82) is 0 Å². The lowest BCUT2D eigenvalue weighted by Gasteiger charge is -2.25. The van der Waals surface area contributed by atoms with Crippen molar-refractivity contribution in [2.45, 2.75) is 57.0 Å². The maximum atomic E-state index is 5.37. The second-order valence-electron chi connectivity index (χ2n) is 6.90. The van der Waals surface area contributed by atoms with Crippen molar-refractivity contribution in [1.82, 2.24) is 10.6 Å². The summed E-state index contributed by atoms with van der Waals surface area (Å²) in [5, 5.41) is 7.27. The monoisotopic (exact) mass is 287 g/mol. The van der Waals surface area contributed by atoms with E-state index in [1.807, 2.05) is 12.1 Å². The Hall–Kier alpha value is -1.45. The molecule has 4 rings (SSSR count). The van der Waals surface area contributed by atoms with Gasteiger partial charge in [-0.15, -0.1) is 0 Å². The number of aliphatic imine (C=N–C) groups is 1. The van der Waals surface area contributed by atoms with Crippen molar-refractivity contribution in [3.05, 3.63) is 24.2 Å². The summed E-state index contributed by atoms with van der Waals surface area (Å²) in [6.07, 6.45) is 10.8. The molecule has 3 fully saturated rings. The van der Waals surface area contributed by atoms with Crippen LogP contribution in [0.25, 0.3) is 0 Å². The summed E-state index contributed by atoms with van der Waals surface area (Å²) >= 11 is 0. The van der Waals surface area contributed by atoms with Gasteiger partial charge in [0.1, 0.15) is 5.76 Å². The van der Waals surface area contributed by atoms with Gasteiger partial charge in [0.25, 0.3) is 0 Å². The standard InChI is InChI=1S/C17H25N3O/c1-2-15(21-9-1)7-8-18-17(19-14-5-6-14)20-16-11-12-3-4-13(16)10-12/h1-2,9,12-14,16H,3-8,10-11H2,(H2,18,19,20). The highest BCUT2D eigenvalue weighted by molar-refractivity contribution is 5.80. The number of nitrogens with zero attached hydrogens (tertiary/aromatic N) is 1. The third-order valence-corrected chi connectivity index (χ3v) is 5.19.